The maximum atomic E-state index is 11.5. The smallest absolute Gasteiger partial charge is 0.255 e. The summed E-state index contributed by atoms with van der Waals surface area (Å²) in [5.74, 6) is 0.0615. The molecular formula is C33H43N5O4. The molecule has 3 amide bonds. The van der Waals surface area contributed by atoms with Crippen molar-refractivity contribution in [1.29, 1.82) is 0 Å². The fourth-order valence-electron chi connectivity index (χ4n) is 4.88. The highest BCUT2D eigenvalue weighted by Crippen LogP contribution is 2.31. The van der Waals surface area contributed by atoms with Crippen LogP contribution in [0.2, 0.25) is 0 Å². The van der Waals surface area contributed by atoms with Crippen molar-refractivity contribution >= 4 is 17.7 Å². The van der Waals surface area contributed by atoms with Crippen LogP contribution in [0.4, 0.5) is 0 Å². The molecule has 2 aliphatic heterocycles. The minimum Gasteiger partial charge on any atom is -0.384 e. The first-order valence-electron chi connectivity index (χ1n) is 14.7. The number of carbonyl (C=O) groups excluding carboxylic acids is 3. The molecule has 1 saturated carbocycles. The number of hydrogen-bond donors (Lipinski definition) is 3. The maximum absolute atomic E-state index is 11.5. The number of aromatic nitrogens is 1. The Bertz CT molecular complexity index is 1390. The van der Waals surface area contributed by atoms with Crippen LogP contribution in [0.25, 0.3) is 5.69 Å². The van der Waals surface area contributed by atoms with Gasteiger partial charge in [0.15, 0.2) is 0 Å². The number of primary amides is 2. The molecule has 3 heterocycles. The Morgan fingerprint density at radius 2 is 1.55 bits per heavy atom. The number of likely N-dealkylation sites (tertiary alicyclic amines) is 1. The molecule has 5 N–H and O–H groups in total. The minimum absolute atomic E-state index is 0.116. The van der Waals surface area contributed by atoms with Crippen LogP contribution >= 0.6 is 0 Å². The number of piperidine rings is 1. The number of allylic oxidation sites excluding steroid dienone is 2. The van der Waals surface area contributed by atoms with Gasteiger partial charge >= 0.3 is 0 Å². The number of nitrogens with zero attached hydrogens (tertiary/aromatic N) is 2. The Morgan fingerprint density at radius 3 is 2.12 bits per heavy atom. The number of hydrogen-bond acceptors (Lipinski definition) is 5. The highest BCUT2D eigenvalue weighted by molar-refractivity contribution is 5.93. The summed E-state index contributed by atoms with van der Waals surface area (Å²) in [4.78, 5) is 46.8. The third-order valence-corrected chi connectivity index (χ3v) is 7.38. The zero-order chi connectivity index (χ0) is 30.6. The van der Waals surface area contributed by atoms with Gasteiger partial charge in [-0.15, -0.1) is 0 Å². The summed E-state index contributed by atoms with van der Waals surface area (Å²) in [6.07, 6.45) is 14.2. The van der Waals surface area contributed by atoms with Crippen molar-refractivity contribution in [3.63, 3.8) is 0 Å². The Hall–Kier alpha value is -4.40. The van der Waals surface area contributed by atoms with Crippen LogP contribution in [0, 0.1) is 5.92 Å². The van der Waals surface area contributed by atoms with Crippen LogP contribution in [-0.2, 0) is 9.59 Å². The van der Waals surface area contributed by atoms with E-state index >= 15 is 0 Å². The van der Waals surface area contributed by atoms with Crippen LogP contribution in [0.3, 0.4) is 0 Å². The quantitative estimate of drug-likeness (QED) is 0.508. The molecule has 9 nitrogen and oxygen atoms in total. The third-order valence-electron chi connectivity index (χ3n) is 7.38. The van der Waals surface area contributed by atoms with Crippen molar-refractivity contribution < 1.29 is 14.4 Å². The van der Waals surface area contributed by atoms with Crippen LogP contribution in [0.15, 0.2) is 88.5 Å². The molecule has 0 spiro atoms. The molecule has 42 heavy (non-hydrogen) atoms. The molecular weight excluding hydrogens is 530 g/mol. The Balaban J connectivity index is 0.000000170. The Kier molecular flexibility index (Phi) is 11.9. The summed E-state index contributed by atoms with van der Waals surface area (Å²) in [6, 6.07) is 11.7. The zero-order valence-corrected chi connectivity index (χ0v) is 24.8. The summed E-state index contributed by atoms with van der Waals surface area (Å²) >= 11 is 0. The fourth-order valence-corrected chi connectivity index (χ4v) is 4.88. The SMILES string of the molecule is CC.CC1=CNC2CC(C(N)=O)=CC=C12.NC(=O)c1ccc(-n2ccccc2=O)cc1.O=C(C1CC1)N1CCCCC1. The molecule has 1 saturated heterocycles. The standard InChI is InChI=1S/C12H10N2O2.C10H12N2O.C9H15NO.C2H6/c13-12(16)9-4-6-10(7-5-9)14-8-2-1-3-11(14)15;1-6-5-12-9-4-7(10(11)13)2-3-8(6)9;11-9(8-4-5-8)10-6-2-1-3-7-10;1-2/h1-8H,(H2,13,16);2-3,5,9,12H,4H2,1H3,(H2,11,13);8H,1-7H2;1-2H3. The number of rotatable bonds is 4. The second-order valence-electron chi connectivity index (χ2n) is 10.4. The fraction of sp³-hybridized carbons (Fsp3) is 0.394. The molecule has 9 heteroatoms. The predicted octanol–water partition coefficient (Wildman–Crippen LogP) is 3.98. The van der Waals surface area contributed by atoms with E-state index in [4.69, 9.17) is 11.5 Å². The van der Waals surface area contributed by atoms with E-state index < -0.39 is 5.91 Å². The maximum Gasteiger partial charge on any atom is 0.255 e. The average molecular weight is 574 g/mol. The van der Waals surface area contributed by atoms with Gasteiger partial charge in [0.2, 0.25) is 17.7 Å². The first kappa shape index (κ1) is 32.1. The largest absolute Gasteiger partial charge is 0.384 e. The van der Waals surface area contributed by atoms with Crippen molar-refractivity contribution in [1.82, 2.24) is 14.8 Å². The molecule has 4 aliphatic rings. The van der Waals surface area contributed by atoms with E-state index in [0.29, 0.717) is 35.1 Å². The summed E-state index contributed by atoms with van der Waals surface area (Å²) < 4.78 is 1.49. The van der Waals surface area contributed by atoms with Crippen molar-refractivity contribution in [3.8, 4) is 5.69 Å². The molecule has 0 radical (unpaired) electrons. The summed E-state index contributed by atoms with van der Waals surface area (Å²) in [5.41, 5.74) is 14.5. The number of nitrogens with two attached hydrogens (primary N) is 2. The summed E-state index contributed by atoms with van der Waals surface area (Å²) in [7, 11) is 0. The lowest BCUT2D eigenvalue weighted by Gasteiger charge is -2.26. The summed E-state index contributed by atoms with van der Waals surface area (Å²) in [5, 5.41) is 3.21. The molecule has 1 unspecified atom stereocenters. The molecule has 1 aromatic heterocycles. The monoisotopic (exact) mass is 573 g/mol. The first-order chi connectivity index (χ1) is 20.2. The van der Waals surface area contributed by atoms with Crippen molar-refractivity contribution in [3.05, 3.63) is 99.6 Å². The number of nitrogens with one attached hydrogen (secondary N) is 1. The highest BCUT2D eigenvalue weighted by atomic mass is 16.2. The number of fused-ring (bicyclic) bond motifs is 1. The van der Waals surface area contributed by atoms with E-state index in [0.717, 1.165) is 25.9 Å². The van der Waals surface area contributed by atoms with Crippen LogP contribution in [-0.4, -0.2) is 46.3 Å². The van der Waals surface area contributed by atoms with E-state index in [2.05, 4.69) is 17.1 Å². The second kappa shape index (κ2) is 15.6. The predicted molar refractivity (Wildman–Crippen MR) is 166 cm³/mol. The molecule has 1 atom stereocenters. The lowest BCUT2D eigenvalue weighted by Crippen LogP contribution is -2.36. The number of benzene rings is 1. The van der Waals surface area contributed by atoms with Gasteiger partial charge in [-0.1, -0.05) is 32.1 Å². The van der Waals surface area contributed by atoms with Gasteiger partial charge in [-0.25, -0.2) is 0 Å². The van der Waals surface area contributed by atoms with Gasteiger partial charge < -0.3 is 21.7 Å². The van der Waals surface area contributed by atoms with E-state index in [1.165, 1.54) is 41.0 Å². The van der Waals surface area contributed by atoms with Gasteiger partial charge in [-0.2, -0.15) is 0 Å². The average Bonchev–Trinajstić information content (AvgIpc) is 3.81. The molecule has 0 bridgehead atoms. The molecule has 2 fully saturated rings. The highest BCUT2D eigenvalue weighted by Gasteiger charge is 2.33. The lowest BCUT2D eigenvalue weighted by molar-refractivity contribution is -0.133. The summed E-state index contributed by atoms with van der Waals surface area (Å²) in [6.45, 7) is 8.10. The number of amides is 3. The van der Waals surface area contributed by atoms with Crippen LogP contribution < -0.4 is 22.3 Å². The van der Waals surface area contributed by atoms with Gasteiger partial charge in [0, 0.05) is 60.7 Å². The lowest BCUT2D eigenvalue weighted by atomic mass is 9.92. The number of carbonyl (C=O) groups is 3. The number of pyridine rings is 1. The minimum atomic E-state index is -0.480. The third kappa shape index (κ3) is 8.80. The van der Waals surface area contributed by atoms with E-state index in [-0.39, 0.29) is 17.5 Å². The van der Waals surface area contributed by atoms with Crippen molar-refractivity contribution in [2.75, 3.05) is 13.1 Å². The van der Waals surface area contributed by atoms with Crippen LogP contribution in [0.1, 0.15) is 69.7 Å². The molecule has 1 aromatic carbocycles. The van der Waals surface area contributed by atoms with Crippen LogP contribution in [0.5, 0.6) is 0 Å². The Morgan fingerprint density at radius 1 is 0.881 bits per heavy atom. The van der Waals surface area contributed by atoms with Gasteiger partial charge in [0.05, 0.1) is 6.04 Å². The van der Waals surface area contributed by atoms with Gasteiger partial charge in [0.25, 0.3) is 5.56 Å². The topological polar surface area (TPSA) is 141 Å². The molecule has 224 valence electrons. The molecule has 2 aromatic rings. The van der Waals surface area contributed by atoms with E-state index in [1.54, 1.807) is 42.6 Å². The normalized spacial score (nSPS) is 18.4. The van der Waals surface area contributed by atoms with Crippen molar-refractivity contribution in [2.24, 2.45) is 17.4 Å². The van der Waals surface area contributed by atoms with E-state index in [1.807, 2.05) is 32.2 Å². The van der Waals surface area contributed by atoms with Gasteiger partial charge in [-0.05, 0) is 80.5 Å². The van der Waals surface area contributed by atoms with E-state index in [9.17, 15) is 19.2 Å². The zero-order valence-electron chi connectivity index (χ0n) is 24.8. The van der Waals surface area contributed by atoms with Gasteiger partial charge in [0.1, 0.15) is 0 Å². The first-order valence-corrected chi connectivity index (χ1v) is 14.7. The van der Waals surface area contributed by atoms with Gasteiger partial charge in [-0.3, -0.25) is 23.7 Å². The van der Waals surface area contributed by atoms with Crippen molar-refractivity contribution in [2.45, 2.75) is 65.3 Å². The molecule has 6 rings (SSSR count). The second-order valence-corrected chi connectivity index (χ2v) is 10.4. The molecule has 2 aliphatic carbocycles. The Labute approximate surface area is 248 Å².